The number of amides is 1. The van der Waals surface area contributed by atoms with Crippen LogP contribution in [0.15, 0.2) is 48.9 Å². The summed E-state index contributed by atoms with van der Waals surface area (Å²) in [5.41, 5.74) is 0.796. The predicted octanol–water partition coefficient (Wildman–Crippen LogP) is 3.05. The molecule has 0 bridgehead atoms. The van der Waals surface area contributed by atoms with Gasteiger partial charge in [0.1, 0.15) is 12.4 Å². The molecule has 0 saturated carbocycles. The number of thiazole rings is 1. The monoisotopic (exact) mass is 390 g/mol. The highest BCUT2D eigenvalue weighted by molar-refractivity contribution is 7.22. The number of hydrogen-bond acceptors (Lipinski definition) is 6. The Bertz CT molecular complexity index is 1080. The van der Waals surface area contributed by atoms with Crippen LogP contribution in [0.4, 0.5) is 13.9 Å². The number of hydrogen-bond donors (Lipinski definition) is 1. The number of anilines is 1. The lowest BCUT2D eigenvalue weighted by molar-refractivity contribution is -0.0497. The number of nitrogens with one attached hydrogen (secondary N) is 1. The van der Waals surface area contributed by atoms with Gasteiger partial charge in [-0.2, -0.15) is 19.0 Å². The van der Waals surface area contributed by atoms with Crippen molar-refractivity contribution in [3.63, 3.8) is 0 Å². The van der Waals surface area contributed by atoms with E-state index in [1.165, 1.54) is 12.1 Å². The van der Waals surface area contributed by atoms with E-state index in [1.54, 1.807) is 46.2 Å². The van der Waals surface area contributed by atoms with Gasteiger partial charge in [-0.15, -0.1) is 0 Å². The summed E-state index contributed by atoms with van der Waals surface area (Å²) < 4.78 is 32.8. The average Bonchev–Trinajstić information content (AvgIpc) is 3.35. The molecule has 1 aromatic carbocycles. The molecule has 3 heterocycles. The summed E-state index contributed by atoms with van der Waals surface area (Å²) in [6.07, 6.45) is 5.11. The molecule has 0 saturated heterocycles. The van der Waals surface area contributed by atoms with Gasteiger partial charge in [-0.1, -0.05) is 11.3 Å². The lowest BCUT2D eigenvalue weighted by Crippen LogP contribution is -2.14. The van der Waals surface area contributed by atoms with Crippen LogP contribution in [0.25, 0.3) is 10.2 Å². The Morgan fingerprint density at radius 3 is 2.93 bits per heavy atom. The summed E-state index contributed by atoms with van der Waals surface area (Å²) in [7, 11) is 0. The third kappa shape index (κ3) is 3.92. The molecule has 0 atom stereocenters. The molecule has 1 N–H and O–H groups in total. The number of halogens is 2. The molecule has 0 spiro atoms. The van der Waals surface area contributed by atoms with Gasteiger partial charge in [0.2, 0.25) is 0 Å². The zero-order valence-corrected chi connectivity index (χ0v) is 14.4. The maximum atomic E-state index is 12.4. The number of benzene rings is 1. The van der Waals surface area contributed by atoms with E-state index in [9.17, 15) is 13.6 Å². The zero-order valence-electron chi connectivity index (χ0n) is 13.6. The van der Waals surface area contributed by atoms with Crippen molar-refractivity contribution in [1.82, 2.24) is 24.5 Å². The second-order valence-electron chi connectivity index (χ2n) is 5.41. The van der Waals surface area contributed by atoms with E-state index >= 15 is 0 Å². The molecule has 11 heteroatoms. The van der Waals surface area contributed by atoms with Gasteiger partial charge in [0, 0.05) is 18.6 Å². The Labute approximate surface area is 155 Å². The molecule has 138 valence electrons. The van der Waals surface area contributed by atoms with E-state index in [0.29, 0.717) is 22.0 Å². The molecule has 0 radical (unpaired) electrons. The molecule has 3 aromatic heterocycles. The van der Waals surface area contributed by atoms with E-state index < -0.39 is 12.5 Å². The maximum Gasteiger partial charge on any atom is 0.387 e. The van der Waals surface area contributed by atoms with Crippen molar-refractivity contribution >= 4 is 32.6 Å². The third-order valence-electron chi connectivity index (χ3n) is 3.53. The molecule has 0 fully saturated rings. The highest BCUT2D eigenvalue weighted by atomic mass is 32.1. The third-order valence-corrected chi connectivity index (χ3v) is 4.46. The van der Waals surface area contributed by atoms with Gasteiger partial charge in [-0.25, -0.2) is 4.98 Å². The summed E-state index contributed by atoms with van der Waals surface area (Å²) in [4.78, 5) is 16.6. The molecule has 1 amide bonds. The van der Waals surface area contributed by atoms with Gasteiger partial charge in [-0.05, 0) is 30.3 Å². The lowest BCUT2D eigenvalue weighted by Gasteiger charge is -2.02. The molecule has 0 aliphatic heterocycles. The van der Waals surface area contributed by atoms with Crippen LogP contribution in [0.3, 0.4) is 0 Å². The minimum atomic E-state index is -2.90. The number of alkyl halides is 2. The molecule has 4 aromatic rings. The zero-order chi connectivity index (χ0) is 18.8. The second kappa shape index (κ2) is 7.11. The van der Waals surface area contributed by atoms with Crippen molar-refractivity contribution in [1.29, 1.82) is 0 Å². The maximum absolute atomic E-state index is 12.4. The molecule has 4 rings (SSSR count). The van der Waals surface area contributed by atoms with E-state index in [-0.39, 0.29) is 11.4 Å². The number of fused-ring (bicyclic) bond motifs is 1. The van der Waals surface area contributed by atoms with Crippen LogP contribution in [0.5, 0.6) is 5.75 Å². The number of carbonyl (C=O) groups excluding carboxylic acids is 1. The first-order chi connectivity index (χ1) is 13.1. The molecular formula is C16H12F2N6O2S. The highest BCUT2D eigenvalue weighted by Gasteiger charge is 2.14. The van der Waals surface area contributed by atoms with Crippen LogP contribution in [-0.4, -0.2) is 37.1 Å². The Hall–Kier alpha value is -3.34. The average molecular weight is 390 g/mol. The summed E-state index contributed by atoms with van der Waals surface area (Å²) >= 11 is 1.16. The topological polar surface area (TPSA) is 86.9 Å². The standard InChI is InChI=1S/C16H12F2N6O2S/c17-15(18)26-10-2-3-11-13(8-10)27-16(20-11)21-14(25)12-4-7-24(22-12)9-23-6-1-5-19-23/h1-8,15H,9H2,(H,20,21,25). The quantitative estimate of drug-likeness (QED) is 0.547. The molecule has 27 heavy (non-hydrogen) atoms. The molecular weight excluding hydrogens is 378 g/mol. The fourth-order valence-electron chi connectivity index (χ4n) is 2.39. The van der Waals surface area contributed by atoms with Crippen LogP contribution < -0.4 is 10.1 Å². The minimum Gasteiger partial charge on any atom is -0.435 e. The first-order valence-corrected chi connectivity index (χ1v) is 8.56. The lowest BCUT2D eigenvalue weighted by atomic mass is 10.3. The molecule has 8 nitrogen and oxygen atoms in total. The van der Waals surface area contributed by atoms with Crippen LogP contribution in [0.2, 0.25) is 0 Å². The Balaban J connectivity index is 1.46. The minimum absolute atomic E-state index is 0.0383. The van der Waals surface area contributed by atoms with Crippen molar-refractivity contribution in [3.8, 4) is 5.75 Å². The number of rotatable bonds is 6. The highest BCUT2D eigenvalue weighted by Crippen LogP contribution is 2.30. The van der Waals surface area contributed by atoms with Gasteiger partial charge in [0.25, 0.3) is 5.91 Å². The normalized spacial score (nSPS) is 11.2. The number of aromatic nitrogens is 5. The van der Waals surface area contributed by atoms with Crippen molar-refractivity contribution in [2.75, 3.05) is 5.32 Å². The molecule has 0 aliphatic carbocycles. The number of nitrogens with zero attached hydrogens (tertiary/aromatic N) is 5. The van der Waals surface area contributed by atoms with Crippen LogP contribution in [0, 0.1) is 0 Å². The smallest absolute Gasteiger partial charge is 0.387 e. The SMILES string of the molecule is O=C(Nc1nc2ccc(OC(F)F)cc2s1)c1ccn(Cn2cccn2)n1. The summed E-state index contributed by atoms with van der Waals surface area (Å²) in [6, 6.07) is 7.78. The van der Waals surface area contributed by atoms with Gasteiger partial charge in [-0.3, -0.25) is 19.5 Å². The van der Waals surface area contributed by atoms with E-state index in [2.05, 4.69) is 25.2 Å². The van der Waals surface area contributed by atoms with Gasteiger partial charge in [0.15, 0.2) is 10.8 Å². The summed E-state index contributed by atoms with van der Waals surface area (Å²) in [6.45, 7) is -2.51. The second-order valence-corrected chi connectivity index (χ2v) is 6.44. The van der Waals surface area contributed by atoms with Crippen molar-refractivity contribution < 1.29 is 18.3 Å². The Morgan fingerprint density at radius 1 is 1.26 bits per heavy atom. The molecule has 0 aliphatic rings. The van der Waals surface area contributed by atoms with E-state index in [4.69, 9.17) is 0 Å². The van der Waals surface area contributed by atoms with Gasteiger partial charge < -0.3 is 4.74 Å². The first kappa shape index (κ1) is 17.1. The summed E-state index contributed by atoms with van der Waals surface area (Å²) in [5, 5.41) is 11.3. The van der Waals surface area contributed by atoms with E-state index in [1.807, 2.05) is 0 Å². The van der Waals surface area contributed by atoms with Crippen molar-refractivity contribution in [3.05, 3.63) is 54.6 Å². The largest absolute Gasteiger partial charge is 0.435 e. The van der Waals surface area contributed by atoms with Crippen molar-refractivity contribution in [2.45, 2.75) is 13.3 Å². The van der Waals surface area contributed by atoms with Crippen LogP contribution in [0.1, 0.15) is 10.5 Å². The first-order valence-electron chi connectivity index (χ1n) is 7.74. The number of ether oxygens (including phenoxy) is 1. The fourth-order valence-corrected chi connectivity index (χ4v) is 3.28. The molecule has 0 unspecified atom stereocenters. The summed E-state index contributed by atoms with van der Waals surface area (Å²) in [5.74, 6) is -0.381. The van der Waals surface area contributed by atoms with Crippen LogP contribution >= 0.6 is 11.3 Å². The van der Waals surface area contributed by atoms with Crippen molar-refractivity contribution in [2.24, 2.45) is 0 Å². The fraction of sp³-hybridized carbons (Fsp3) is 0.125. The van der Waals surface area contributed by atoms with E-state index in [0.717, 1.165) is 11.3 Å². The Kier molecular flexibility index (Phi) is 4.50. The van der Waals surface area contributed by atoms with Gasteiger partial charge >= 0.3 is 6.61 Å². The predicted molar refractivity (Wildman–Crippen MR) is 94.1 cm³/mol. The number of carbonyl (C=O) groups is 1. The Morgan fingerprint density at radius 2 is 2.15 bits per heavy atom. The van der Waals surface area contributed by atoms with Crippen LogP contribution in [-0.2, 0) is 6.67 Å². The van der Waals surface area contributed by atoms with Gasteiger partial charge in [0.05, 0.1) is 10.2 Å².